The number of benzene rings is 2. The van der Waals surface area contributed by atoms with Gasteiger partial charge in [0.1, 0.15) is 11.6 Å². The molecule has 0 unspecified atom stereocenters. The van der Waals surface area contributed by atoms with E-state index in [4.69, 9.17) is 21.3 Å². The first kappa shape index (κ1) is 19.0. The Morgan fingerprint density at radius 1 is 1.16 bits per heavy atom. The van der Waals surface area contributed by atoms with Crippen LogP contribution in [0.3, 0.4) is 0 Å². The summed E-state index contributed by atoms with van der Waals surface area (Å²) in [6, 6.07) is 9.37. The second-order valence-electron chi connectivity index (χ2n) is 10.1. The molecule has 1 aliphatic carbocycles. The van der Waals surface area contributed by atoms with Gasteiger partial charge in [0.05, 0.1) is 28.7 Å². The third-order valence-corrected chi connectivity index (χ3v) is 7.71. The first-order chi connectivity index (χ1) is 18.9. The van der Waals surface area contributed by atoms with Gasteiger partial charge < -0.3 is 15.2 Å². The molecule has 9 heteroatoms. The van der Waals surface area contributed by atoms with Gasteiger partial charge in [-0.3, -0.25) is 4.79 Å². The summed E-state index contributed by atoms with van der Waals surface area (Å²) in [6.45, 7) is -2.69. The predicted octanol–water partition coefficient (Wildman–Crippen LogP) is 4.18. The maximum atomic E-state index is 13.6. The highest BCUT2D eigenvalue weighted by molar-refractivity contribution is 5.98. The number of hydrogen-bond acceptors (Lipinski definition) is 5. The van der Waals surface area contributed by atoms with Gasteiger partial charge in [0, 0.05) is 65.0 Å². The summed E-state index contributed by atoms with van der Waals surface area (Å²) in [4.78, 5) is 27.9. The minimum atomic E-state index is -2.81. The minimum absolute atomic E-state index is 0.173. The fraction of sp³-hybridized carbons (Fsp3) is 0.286. The van der Waals surface area contributed by atoms with E-state index in [-0.39, 0.29) is 11.4 Å². The molecule has 0 saturated heterocycles. The number of halogens is 2. The largest absolute Gasteiger partial charge is 0.331 e. The number of imidazole rings is 1. The molecule has 2 aliphatic heterocycles. The molecule has 37 heavy (non-hydrogen) atoms. The van der Waals surface area contributed by atoms with Gasteiger partial charge in [-0.2, -0.15) is 0 Å². The summed E-state index contributed by atoms with van der Waals surface area (Å²) in [7, 11) is 0. The monoisotopic (exact) mass is 499 g/mol. The van der Waals surface area contributed by atoms with Crippen molar-refractivity contribution in [1.82, 2.24) is 24.4 Å². The van der Waals surface area contributed by atoms with Gasteiger partial charge in [-0.25, -0.2) is 23.7 Å². The average molecular weight is 500 g/mol. The van der Waals surface area contributed by atoms with Crippen LogP contribution in [0.5, 0.6) is 0 Å². The Kier molecular flexibility index (Phi) is 3.70. The number of amides is 1. The van der Waals surface area contributed by atoms with Crippen molar-refractivity contribution in [2.45, 2.75) is 42.8 Å². The number of rotatable bonds is 2. The number of nitrogens with two attached hydrogens (primary N) is 1. The second-order valence-corrected chi connectivity index (χ2v) is 10.1. The van der Waals surface area contributed by atoms with Gasteiger partial charge in [-0.05, 0) is 29.8 Å². The smallest absolute Gasteiger partial charge is 0.254 e. The van der Waals surface area contributed by atoms with E-state index in [1.165, 1.54) is 0 Å². The van der Waals surface area contributed by atoms with Gasteiger partial charge >= 0.3 is 0 Å². The second kappa shape index (κ2) is 7.20. The Morgan fingerprint density at radius 2 is 1.95 bits per heavy atom. The van der Waals surface area contributed by atoms with Crippen LogP contribution in [0, 0.1) is 12.3 Å². The maximum Gasteiger partial charge on any atom is 0.254 e. The van der Waals surface area contributed by atoms with Crippen molar-refractivity contribution in [1.29, 1.82) is 0 Å². The van der Waals surface area contributed by atoms with Crippen LogP contribution in [-0.2, 0) is 5.54 Å². The summed E-state index contributed by atoms with van der Waals surface area (Å²) in [5, 5.41) is 0. The van der Waals surface area contributed by atoms with Gasteiger partial charge in [-0.1, -0.05) is 18.1 Å². The lowest BCUT2D eigenvalue weighted by Crippen LogP contribution is -2.56. The number of carbonyl (C=O) groups is 1. The van der Waals surface area contributed by atoms with Crippen molar-refractivity contribution in [3.63, 3.8) is 0 Å². The van der Waals surface area contributed by atoms with Crippen molar-refractivity contribution in [2.75, 3.05) is 6.98 Å². The average Bonchev–Trinajstić information content (AvgIpc) is 3.39. The molecule has 4 aromatic rings. The Labute approximate surface area is 215 Å². The first-order valence-electron chi connectivity index (χ1n) is 13.3. The summed E-state index contributed by atoms with van der Waals surface area (Å²) in [5.41, 5.74) is 9.00. The molecule has 2 aromatic carbocycles. The molecule has 7 nitrogen and oxygen atoms in total. The van der Waals surface area contributed by atoms with E-state index in [9.17, 15) is 13.6 Å². The van der Waals surface area contributed by atoms with Crippen LogP contribution in [0.1, 0.15) is 68.6 Å². The Hall–Kier alpha value is -4.16. The van der Waals surface area contributed by atoms with Gasteiger partial charge in [0.15, 0.2) is 0 Å². The van der Waals surface area contributed by atoms with Crippen molar-refractivity contribution in [3.05, 3.63) is 77.1 Å². The predicted molar refractivity (Wildman–Crippen MR) is 133 cm³/mol. The molecule has 1 amide bonds. The number of fused-ring (bicyclic) bond motifs is 9. The zero-order chi connectivity index (χ0) is 28.2. The van der Waals surface area contributed by atoms with Crippen molar-refractivity contribution in [3.8, 4) is 23.5 Å². The van der Waals surface area contributed by atoms with E-state index in [0.717, 1.165) is 16.0 Å². The molecule has 1 saturated carbocycles. The molecule has 0 radical (unpaired) electrons. The molecular weight excluding hydrogens is 474 g/mol. The lowest BCUT2D eigenvalue weighted by molar-refractivity contribution is -0.127. The van der Waals surface area contributed by atoms with E-state index < -0.39 is 49.3 Å². The number of terminal acetylenes is 1. The molecule has 7 rings (SSSR count). The first-order valence-corrected chi connectivity index (χ1v) is 11.8. The summed E-state index contributed by atoms with van der Waals surface area (Å²) >= 11 is 0. The molecular formula is C28H22F2N6O. The third kappa shape index (κ3) is 3.02. The molecule has 184 valence electrons. The van der Waals surface area contributed by atoms with Crippen LogP contribution in [0.4, 0.5) is 8.78 Å². The summed E-state index contributed by atoms with van der Waals surface area (Å²) in [5.74, 6) is -0.0983. The van der Waals surface area contributed by atoms with Crippen molar-refractivity contribution in [2.24, 2.45) is 5.73 Å². The van der Waals surface area contributed by atoms with Gasteiger partial charge in [-0.15, -0.1) is 6.42 Å². The maximum absolute atomic E-state index is 13.6. The van der Waals surface area contributed by atoms with Crippen LogP contribution in [0.2, 0.25) is 0 Å². The minimum Gasteiger partial charge on any atom is -0.331 e. The zero-order valence-corrected chi connectivity index (χ0v) is 19.4. The highest BCUT2D eigenvalue weighted by Gasteiger charge is 2.57. The lowest BCUT2D eigenvalue weighted by atomic mass is 9.73. The molecule has 2 atom stereocenters. The summed E-state index contributed by atoms with van der Waals surface area (Å²) in [6.07, 6.45) is 8.27. The topological polar surface area (TPSA) is 89.9 Å². The van der Waals surface area contributed by atoms with E-state index in [1.54, 1.807) is 30.6 Å². The molecule has 4 heterocycles. The van der Waals surface area contributed by atoms with Crippen molar-refractivity contribution < 1.29 is 17.7 Å². The zero-order valence-electron chi connectivity index (χ0n) is 22.4. The van der Waals surface area contributed by atoms with Crippen LogP contribution in [-0.4, -0.2) is 43.2 Å². The number of alkyl halides is 2. The van der Waals surface area contributed by atoms with E-state index >= 15 is 0 Å². The van der Waals surface area contributed by atoms with E-state index in [2.05, 4.69) is 15.9 Å². The molecule has 2 bridgehead atoms. The molecule has 2 N–H and O–H groups in total. The third-order valence-electron chi connectivity index (χ3n) is 7.71. The van der Waals surface area contributed by atoms with Crippen LogP contribution >= 0.6 is 0 Å². The normalized spacial score (nSPS) is 24.2. The fourth-order valence-corrected chi connectivity index (χ4v) is 6.02. The van der Waals surface area contributed by atoms with Crippen LogP contribution in [0.25, 0.3) is 22.2 Å². The number of carbonyl (C=O) groups excluding carboxylic acids is 1. The van der Waals surface area contributed by atoms with Gasteiger partial charge in [0.2, 0.25) is 0 Å². The van der Waals surface area contributed by atoms with Gasteiger partial charge in [0.25, 0.3) is 11.8 Å². The highest BCUT2D eigenvalue weighted by Crippen LogP contribution is 2.50. The Morgan fingerprint density at radius 3 is 2.65 bits per heavy atom. The van der Waals surface area contributed by atoms with E-state index in [0.29, 0.717) is 34.5 Å². The van der Waals surface area contributed by atoms with Crippen LogP contribution < -0.4 is 5.73 Å². The number of nitrogens with zero attached hydrogens (tertiary/aromatic N) is 5. The number of hydrogen-bond donors (Lipinski definition) is 1. The van der Waals surface area contributed by atoms with Crippen molar-refractivity contribution >= 4 is 16.9 Å². The standard InChI is InChI=1S/C28H22F2N6O/c1-3-15-5-4-6-18-23(15)21-10-22(35(2)25(18)37)24-34-19-8-7-16(9-20(19)36(21)24)17-11-32-26(33-12-17)27(31)13-28(29,30)14-27/h1,4-9,11-12,21-22H,10,13-14,31H2,2H3/t21-,22-/m1/s1/i2D3. The van der Waals surface area contributed by atoms with E-state index in [1.807, 2.05) is 22.8 Å². The van der Waals surface area contributed by atoms with Crippen LogP contribution in [0.15, 0.2) is 48.8 Å². The Bertz CT molecular complexity index is 1770. The lowest BCUT2D eigenvalue weighted by Gasteiger charge is -2.42. The number of aromatic nitrogens is 4. The quantitative estimate of drug-likeness (QED) is 0.418. The Balaban J connectivity index is 1.36. The summed E-state index contributed by atoms with van der Waals surface area (Å²) < 4.78 is 53.4. The highest BCUT2D eigenvalue weighted by atomic mass is 19.3. The molecule has 2 aromatic heterocycles. The molecule has 0 spiro atoms. The molecule has 3 aliphatic rings. The molecule has 1 fully saturated rings. The SMILES string of the molecule is [2H]C([2H])([2H])N1C(=O)c2cccc(C#C)c2[C@H]2C[C@@H]1c1nc3ccc(-c4cnc(C5(N)CC(F)(F)C5)nc4)cc3n12. The fourth-order valence-electron chi connectivity index (χ4n) is 6.02.